The number of halogens is 1. The summed E-state index contributed by atoms with van der Waals surface area (Å²) in [5.74, 6) is -0.302. The van der Waals surface area contributed by atoms with Crippen molar-refractivity contribution in [1.82, 2.24) is 5.32 Å². The first-order valence-corrected chi connectivity index (χ1v) is 7.32. The molecule has 0 heterocycles. The lowest BCUT2D eigenvalue weighted by Gasteiger charge is -2.14. The number of non-ortho nitro benzene ring substituents is 1. The molecule has 0 aliphatic carbocycles. The van der Waals surface area contributed by atoms with Crippen molar-refractivity contribution in [1.29, 1.82) is 0 Å². The number of hydrogen-bond donors (Lipinski definition) is 1. The fraction of sp³-hybridized carbons (Fsp3) is 0.118. The van der Waals surface area contributed by atoms with Crippen LogP contribution in [-0.2, 0) is 4.79 Å². The minimum atomic E-state index is -0.475. The maximum absolute atomic E-state index is 12.0. The lowest BCUT2D eigenvalue weighted by atomic mass is 10.1. The third kappa shape index (κ3) is 4.66. The van der Waals surface area contributed by atoms with Crippen LogP contribution in [0.5, 0.6) is 0 Å². The van der Waals surface area contributed by atoms with Crippen molar-refractivity contribution in [2.24, 2.45) is 0 Å². The van der Waals surface area contributed by atoms with Gasteiger partial charge in [0, 0.05) is 23.2 Å². The van der Waals surface area contributed by atoms with E-state index in [1.54, 1.807) is 18.2 Å². The van der Waals surface area contributed by atoms with Gasteiger partial charge in [0.2, 0.25) is 5.91 Å². The molecule has 1 atom stereocenters. The summed E-state index contributed by atoms with van der Waals surface area (Å²) in [7, 11) is 0. The topological polar surface area (TPSA) is 72.2 Å². The zero-order valence-electron chi connectivity index (χ0n) is 12.4. The third-order valence-corrected chi connectivity index (χ3v) is 3.58. The summed E-state index contributed by atoms with van der Waals surface area (Å²) in [5.41, 5.74) is 1.39. The van der Waals surface area contributed by atoms with E-state index in [1.165, 1.54) is 24.3 Å². The molecule has 0 aliphatic rings. The molecule has 2 aromatic rings. The molecular weight excluding hydrogens is 316 g/mol. The number of nitrogens with zero attached hydrogens (tertiary/aromatic N) is 1. The highest BCUT2D eigenvalue weighted by Gasteiger charge is 2.10. The normalized spacial score (nSPS) is 12.1. The highest BCUT2D eigenvalue weighted by Crippen LogP contribution is 2.22. The largest absolute Gasteiger partial charge is 0.346 e. The second-order valence-electron chi connectivity index (χ2n) is 4.94. The van der Waals surface area contributed by atoms with E-state index in [0.717, 1.165) is 5.56 Å². The van der Waals surface area contributed by atoms with Gasteiger partial charge in [0.1, 0.15) is 0 Å². The molecule has 0 radical (unpaired) electrons. The summed E-state index contributed by atoms with van der Waals surface area (Å²) < 4.78 is 0. The standard InChI is InChI=1S/C17H15ClN2O3/c1-12(15-7-2-3-8-16(15)18)19-17(21)10-9-13-5-4-6-14(11-13)20(22)23/h2-12H,1H3,(H,19,21)/b10-9+. The van der Waals surface area contributed by atoms with Crippen LogP contribution in [0.4, 0.5) is 5.69 Å². The first kappa shape index (κ1) is 16.7. The lowest BCUT2D eigenvalue weighted by Crippen LogP contribution is -2.24. The maximum Gasteiger partial charge on any atom is 0.270 e. The summed E-state index contributed by atoms with van der Waals surface area (Å²) in [6.07, 6.45) is 2.87. The molecule has 118 valence electrons. The van der Waals surface area contributed by atoms with Crippen molar-refractivity contribution < 1.29 is 9.72 Å². The number of hydrogen-bond acceptors (Lipinski definition) is 3. The Kier molecular flexibility index (Phi) is 5.49. The Hall–Kier alpha value is -2.66. The van der Waals surface area contributed by atoms with Crippen LogP contribution in [0.2, 0.25) is 5.02 Å². The minimum absolute atomic E-state index is 0.0167. The summed E-state index contributed by atoms with van der Waals surface area (Å²) in [6.45, 7) is 1.83. The van der Waals surface area contributed by atoms with Crippen LogP contribution in [0.3, 0.4) is 0 Å². The molecule has 1 unspecified atom stereocenters. The number of nitro groups is 1. The molecule has 0 saturated carbocycles. The van der Waals surface area contributed by atoms with E-state index in [4.69, 9.17) is 11.6 Å². The van der Waals surface area contributed by atoms with Gasteiger partial charge in [-0.25, -0.2) is 0 Å². The molecule has 2 aromatic carbocycles. The van der Waals surface area contributed by atoms with Crippen molar-refractivity contribution in [3.8, 4) is 0 Å². The van der Waals surface area contributed by atoms with Crippen LogP contribution in [-0.4, -0.2) is 10.8 Å². The monoisotopic (exact) mass is 330 g/mol. The number of rotatable bonds is 5. The molecule has 1 amide bonds. The Morgan fingerprint density at radius 2 is 2.00 bits per heavy atom. The fourth-order valence-corrected chi connectivity index (χ4v) is 2.38. The van der Waals surface area contributed by atoms with E-state index in [-0.39, 0.29) is 17.6 Å². The summed E-state index contributed by atoms with van der Waals surface area (Å²) in [4.78, 5) is 22.2. The predicted octanol–water partition coefficient (Wildman–Crippen LogP) is 4.14. The number of carbonyl (C=O) groups excluding carboxylic acids is 1. The van der Waals surface area contributed by atoms with Gasteiger partial charge in [-0.3, -0.25) is 14.9 Å². The van der Waals surface area contributed by atoms with Gasteiger partial charge in [0.05, 0.1) is 11.0 Å². The van der Waals surface area contributed by atoms with Gasteiger partial charge in [-0.2, -0.15) is 0 Å². The van der Waals surface area contributed by atoms with Crippen molar-refractivity contribution >= 4 is 29.3 Å². The smallest absolute Gasteiger partial charge is 0.270 e. The third-order valence-electron chi connectivity index (χ3n) is 3.24. The Balaban J connectivity index is 2.03. The Bertz CT molecular complexity index is 759. The number of benzene rings is 2. The molecule has 0 bridgehead atoms. The Morgan fingerprint density at radius 3 is 2.70 bits per heavy atom. The lowest BCUT2D eigenvalue weighted by molar-refractivity contribution is -0.384. The molecule has 0 aliphatic heterocycles. The van der Waals surface area contributed by atoms with E-state index >= 15 is 0 Å². The second-order valence-corrected chi connectivity index (χ2v) is 5.34. The summed E-state index contributed by atoms with van der Waals surface area (Å²) in [5, 5.41) is 14.1. The van der Waals surface area contributed by atoms with Gasteiger partial charge >= 0.3 is 0 Å². The van der Waals surface area contributed by atoms with Gasteiger partial charge in [-0.05, 0) is 30.2 Å². The van der Waals surface area contributed by atoms with E-state index in [1.807, 2.05) is 25.1 Å². The van der Waals surface area contributed by atoms with Gasteiger partial charge < -0.3 is 5.32 Å². The predicted molar refractivity (Wildman–Crippen MR) is 90.1 cm³/mol. The molecule has 6 heteroatoms. The van der Waals surface area contributed by atoms with Crippen molar-refractivity contribution in [3.63, 3.8) is 0 Å². The van der Waals surface area contributed by atoms with Gasteiger partial charge in [0.15, 0.2) is 0 Å². The van der Waals surface area contributed by atoms with Crippen molar-refractivity contribution in [2.45, 2.75) is 13.0 Å². The van der Waals surface area contributed by atoms with Crippen LogP contribution in [0.1, 0.15) is 24.1 Å². The average Bonchev–Trinajstić information content (AvgIpc) is 2.53. The zero-order chi connectivity index (χ0) is 16.8. The summed E-state index contributed by atoms with van der Waals surface area (Å²) >= 11 is 6.09. The first-order chi connectivity index (χ1) is 11.0. The molecule has 0 fully saturated rings. The highest BCUT2D eigenvalue weighted by molar-refractivity contribution is 6.31. The van der Waals surface area contributed by atoms with Crippen LogP contribution >= 0.6 is 11.6 Å². The Labute approximate surface area is 138 Å². The quantitative estimate of drug-likeness (QED) is 0.508. The number of nitrogens with one attached hydrogen (secondary N) is 1. The van der Waals surface area contributed by atoms with E-state index < -0.39 is 4.92 Å². The van der Waals surface area contributed by atoms with E-state index in [9.17, 15) is 14.9 Å². The highest BCUT2D eigenvalue weighted by atomic mass is 35.5. The first-order valence-electron chi connectivity index (χ1n) is 6.95. The molecule has 2 rings (SSSR count). The molecule has 1 N–H and O–H groups in total. The number of carbonyl (C=O) groups is 1. The Morgan fingerprint density at radius 1 is 1.26 bits per heavy atom. The molecule has 0 aromatic heterocycles. The molecule has 0 saturated heterocycles. The SMILES string of the molecule is CC(NC(=O)/C=C/c1cccc([N+](=O)[O-])c1)c1ccccc1Cl. The number of amides is 1. The zero-order valence-corrected chi connectivity index (χ0v) is 13.2. The van der Waals surface area contributed by atoms with E-state index in [0.29, 0.717) is 10.6 Å². The van der Waals surface area contributed by atoms with Crippen LogP contribution in [0, 0.1) is 10.1 Å². The molecule has 23 heavy (non-hydrogen) atoms. The second kappa shape index (κ2) is 7.56. The van der Waals surface area contributed by atoms with Crippen molar-refractivity contribution in [2.75, 3.05) is 0 Å². The van der Waals surface area contributed by atoms with Crippen LogP contribution in [0.25, 0.3) is 6.08 Å². The maximum atomic E-state index is 12.0. The minimum Gasteiger partial charge on any atom is -0.346 e. The molecule has 0 spiro atoms. The van der Waals surface area contributed by atoms with Crippen molar-refractivity contribution in [3.05, 3.63) is 80.9 Å². The van der Waals surface area contributed by atoms with E-state index in [2.05, 4.69) is 5.32 Å². The number of nitro benzene ring substituents is 1. The van der Waals surface area contributed by atoms with Gasteiger partial charge in [-0.1, -0.05) is 41.9 Å². The molecular formula is C17H15ClN2O3. The van der Waals surface area contributed by atoms with Gasteiger partial charge in [0.25, 0.3) is 5.69 Å². The van der Waals surface area contributed by atoms with Gasteiger partial charge in [-0.15, -0.1) is 0 Å². The summed E-state index contributed by atoms with van der Waals surface area (Å²) in [6, 6.07) is 13.1. The fourth-order valence-electron chi connectivity index (χ4n) is 2.08. The average molecular weight is 331 g/mol. The van der Waals surface area contributed by atoms with Crippen LogP contribution in [0.15, 0.2) is 54.6 Å². The molecule has 5 nitrogen and oxygen atoms in total. The van der Waals surface area contributed by atoms with Crippen LogP contribution < -0.4 is 5.32 Å².